The van der Waals surface area contributed by atoms with Gasteiger partial charge in [0, 0.05) is 29.9 Å². The first-order valence-corrected chi connectivity index (χ1v) is 10.7. The molecule has 4 aromatic rings. The Morgan fingerprint density at radius 3 is 2.75 bits per heavy atom. The van der Waals surface area contributed by atoms with E-state index in [4.69, 9.17) is 4.74 Å². The number of amides is 1. The van der Waals surface area contributed by atoms with Crippen molar-refractivity contribution in [2.24, 2.45) is 5.92 Å². The molecule has 0 unspecified atom stereocenters. The number of carbonyl (C=O) groups excluding carboxylic acids is 1. The lowest BCUT2D eigenvalue weighted by Crippen LogP contribution is -2.47. The highest BCUT2D eigenvalue weighted by atomic mass is 16.5. The van der Waals surface area contributed by atoms with Gasteiger partial charge >= 0.3 is 0 Å². The summed E-state index contributed by atoms with van der Waals surface area (Å²) in [6.45, 7) is 2.58. The number of ether oxygens (including phenoxy) is 1. The van der Waals surface area contributed by atoms with E-state index in [0.717, 1.165) is 23.9 Å². The van der Waals surface area contributed by atoms with Gasteiger partial charge in [-0.1, -0.05) is 0 Å². The van der Waals surface area contributed by atoms with Crippen LogP contribution in [0.5, 0.6) is 5.88 Å². The maximum Gasteiger partial charge on any atom is 0.275 e. The number of pyridine rings is 3. The monoisotopic (exact) mass is 427 g/mol. The summed E-state index contributed by atoms with van der Waals surface area (Å²) in [5.41, 5.74) is 2.37. The van der Waals surface area contributed by atoms with E-state index in [0.29, 0.717) is 35.4 Å². The fraction of sp³-hybridized carbons (Fsp3) is 0.304. The van der Waals surface area contributed by atoms with Crippen molar-refractivity contribution in [3.63, 3.8) is 0 Å². The third-order valence-electron chi connectivity index (χ3n) is 6.25. The van der Waals surface area contributed by atoms with E-state index in [1.54, 1.807) is 18.6 Å². The molecule has 0 aromatic carbocycles. The molecule has 2 bridgehead atoms. The second kappa shape index (κ2) is 7.37. The molecule has 3 atom stereocenters. The smallest absolute Gasteiger partial charge is 0.275 e. The van der Waals surface area contributed by atoms with Gasteiger partial charge in [0.2, 0.25) is 5.88 Å². The van der Waals surface area contributed by atoms with Crippen LogP contribution in [0.3, 0.4) is 0 Å². The van der Waals surface area contributed by atoms with E-state index in [1.165, 1.54) is 4.80 Å². The van der Waals surface area contributed by atoms with Gasteiger partial charge in [0.1, 0.15) is 11.8 Å². The molecule has 4 aromatic heterocycles. The number of nitrogens with zero attached hydrogens (tertiary/aromatic N) is 7. The molecule has 2 aliphatic rings. The van der Waals surface area contributed by atoms with Crippen molar-refractivity contribution < 1.29 is 9.53 Å². The Morgan fingerprint density at radius 1 is 1.03 bits per heavy atom. The van der Waals surface area contributed by atoms with Crippen molar-refractivity contribution in [3.8, 4) is 11.6 Å². The molecular weight excluding hydrogens is 406 g/mol. The molecule has 160 valence electrons. The zero-order valence-corrected chi connectivity index (χ0v) is 17.5. The molecule has 0 N–H and O–H groups in total. The van der Waals surface area contributed by atoms with E-state index in [2.05, 4.69) is 25.1 Å². The van der Waals surface area contributed by atoms with E-state index >= 15 is 0 Å². The van der Waals surface area contributed by atoms with Crippen molar-refractivity contribution in [1.82, 2.24) is 34.8 Å². The summed E-state index contributed by atoms with van der Waals surface area (Å²) in [4.78, 5) is 30.3. The van der Waals surface area contributed by atoms with Crippen molar-refractivity contribution in [1.29, 1.82) is 0 Å². The molecule has 1 saturated heterocycles. The first-order chi connectivity index (χ1) is 15.7. The fourth-order valence-corrected chi connectivity index (χ4v) is 4.83. The molecule has 1 amide bonds. The minimum absolute atomic E-state index is 0.0190. The van der Waals surface area contributed by atoms with Crippen molar-refractivity contribution in [2.75, 3.05) is 6.54 Å². The number of rotatable bonds is 4. The predicted octanol–water partition coefficient (Wildman–Crippen LogP) is 2.60. The van der Waals surface area contributed by atoms with Crippen molar-refractivity contribution >= 4 is 16.9 Å². The Labute approximate surface area is 184 Å². The van der Waals surface area contributed by atoms with Crippen LogP contribution < -0.4 is 4.74 Å². The van der Waals surface area contributed by atoms with E-state index < -0.39 is 0 Å². The van der Waals surface area contributed by atoms with Crippen LogP contribution in [-0.2, 0) is 0 Å². The first kappa shape index (κ1) is 18.9. The van der Waals surface area contributed by atoms with Crippen LogP contribution in [0.25, 0.3) is 16.7 Å². The molecule has 5 heterocycles. The lowest BCUT2D eigenvalue weighted by molar-refractivity contribution is 0.0462. The number of likely N-dealkylation sites (tertiary alicyclic amines) is 1. The molecule has 9 heteroatoms. The normalized spacial score (nSPS) is 21.9. The Bertz CT molecular complexity index is 1310. The van der Waals surface area contributed by atoms with Crippen molar-refractivity contribution in [3.05, 3.63) is 66.4 Å². The Balaban J connectivity index is 1.27. The summed E-state index contributed by atoms with van der Waals surface area (Å²) in [5.74, 6) is 0.829. The van der Waals surface area contributed by atoms with Gasteiger partial charge in [0.15, 0.2) is 11.3 Å². The van der Waals surface area contributed by atoms with Crippen LogP contribution in [0.2, 0.25) is 0 Å². The Morgan fingerprint density at radius 2 is 1.91 bits per heavy atom. The highest BCUT2D eigenvalue weighted by molar-refractivity contribution is 5.96. The summed E-state index contributed by atoms with van der Waals surface area (Å²) in [7, 11) is 0. The number of aromatic nitrogens is 6. The molecule has 6 rings (SSSR count). The summed E-state index contributed by atoms with van der Waals surface area (Å²) in [6, 6.07) is 11.4. The highest BCUT2D eigenvalue weighted by Gasteiger charge is 2.49. The van der Waals surface area contributed by atoms with Gasteiger partial charge in [-0.2, -0.15) is 15.2 Å². The molecule has 1 saturated carbocycles. The van der Waals surface area contributed by atoms with Crippen LogP contribution in [0.1, 0.15) is 29.0 Å². The number of aryl methyl sites for hydroxylation is 1. The van der Waals surface area contributed by atoms with Crippen molar-refractivity contribution in [2.45, 2.75) is 31.9 Å². The van der Waals surface area contributed by atoms with Gasteiger partial charge in [-0.15, -0.1) is 4.80 Å². The van der Waals surface area contributed by atoms with Gasteiger partial charge in [0.25, 0.3) is 5.91 Å². The minimum atomic E-state index is -0.116. The lowest BCUT2D eigenvalue weighted by Gasteiger charge is -2.33. The molecule has 1 aliphatic heterocycles. The number of hydrogen-bond donors (Lipinski definition) is 0. The SMILES string of the molecule is Cc1ccc(-n2nccn2)c(C(=O)N2C[C@H]3C[C@@H](Oc4ccc5cccnc5n4)[C@@H]2C3)n1. The Kier molecular flexibility index (Phi) is 4.34. The van der Waals surface area contributed by atoms with Gasteiger partial charge in [-0.05, 0) is 56.0 Å². The van der Waals surface area contributed by atoms with Crippen LogP contribution in [0, 0.1) is 12.8 Å². The fourth-order valence-electron chi connectivity index (χ4n) is 4.83. The van der Waals surface area contributed by atoms with Crippen LogP contribution in [-0.4, -0.2) is 59.4 Å². The van der Waals surface area contributed by atoms with E-state index in [-0.39, 0.29) is 18.1 Å². The number of piperidine rings is 1. The number of carbonyl (C=O) groups is 1. The standard InChI is InChI=1S/C23H21N7O2/c1-14-4-6-17(30-25-9-10-26-30)21(27-14)23(31)29-13-15-11-18(29)19(12-15)32-20-7-5-16-3-2-8-24-22(16)28-20/h2-10,15,18-19H,11-13H2,1H3/t15-,18+,19-/m1/s1. The highest BCUT2D eigenvalue weighted by Crippen LogP contribution is 2.40. The van der Waals surface area contributed by atoms with Crippen LogP contribution >= 0.6 is 0 Å². The predicted molar refractivity (Wildman–Crippen MR) is 115 cm³/mol. The average Bonchev–Trinajstić information content (AvgIpc) is 3.56. The molecule has 9 nitrogen and oxygen atoms in total. The summed E-state index contributed by atoms with van der Waals surface area (Å²) in [6.07, 6.45) is 6.61. The molecule has 0 spiro atoms. The Hall–Kier alpha value is -3.88. The summed E-state index contributed by atoms with van der Waals surface area (Å²) >= 11 is 0. The zero-order chi connectivity index (χ0) is 21.7. The lowest BCUT2D eigenvalue weighted by atomic mass is 10.1. The van der Waals surface area contributed by atoms with Gasteiger partial charge in [-0.25, -0.2) is 9.97 Å². The first-order valence-electron chi connectivity index (χ1n) is 10.7. The maximum atomic E-state index is 13.6. The van der Waals surface area contributed by atoms with Gasteiger partial charge < -0.3 is 9.64 Å². The number of hydrogen-bond acceptors (Lipinski definition) is 7. The van der Waals surface area contributed by atoms with Gasteiger partial charge in [0.05, 0.1) is 18.4 Å². The summed E-state index contributed by atoms with van der Waals surface area (Å²) in [5, 5.41) is 9.34. The second-order valence-corrected chi connectivity index (χ2v) is 8.36. The summed E-state index contributed by atoms with van der Waals surface area (Å²) < 4.78 is 6.26. The number of fused-ring (bicyclic) bond motifs is 3. The van der Waals surface area contributed by atoms with E-state index in [9.17, 15) is 4.79 Å². The minimum Gasteiger partial charge on any atom is -0.472 e. The van der Waals surface area contributed by atoms with Crippen LogP contribution in [0.4, 0.5) is 0 Å². The average molecular weight is 427 g/mol. The second-order valence-electron chi connectivity index (χ2n) is 8.36. The van der Waals surface area contributed by atoms with Crippen LogP contribution in [0.15, 0.2) is 55.0 Å². The molecule has 2 fully saturated rings. The molecule has 32 heavy (non-hydrogen) atoms. The molecular formula is C23H21N7O2. The largest absolute Gasteiger partial charge is 0.472 e. The third kappa shape index (κ3) is 3.17. The third-order valence-corrected chi connectivity index (χ3v) is 6.25. The zero-order valence-electron chi connectivity index (χ0n) is 17.5. The maximum absolute atomic E-state index is 13.6. The molecule has 0 radical (unpaired) electrons. The van der Waals surface area contributed by atoms with E-state index in [1.807, 2.05) is 48.2 Å². The topological polar surface area (TPSA) is 98.9 Å². The van der Waals surface area contributed by atoms with Gasteiger partial charge in [-0.3, -0.25) is 4.79 Å². The molecule has 1 aliphatic carbocycles. The quantitative estimate of drug-likeness (QED) is 0.494.